The highest BCUT2D eigenvalue weighted by atomic mass is 16.4. The summed E-state index contributed by atoms with van der Waals surface area (Å²) in [7, 11) is 0. The summed E-state index contributed by atoms with van der Waals surface area (Å²) in [5.74, 6) is -1.39. The van der Waals surface area contributed by atoms with Crippen LogP contribution in [0.15, 0.2) is 66.7 Å². The molecule has 0 unspecified atom stereocenters. The Morgan fingerprint density at radius 1 is 0.818 bits per heavy atom. The van der Waals surface area contributed by atoms with Gasteiger partial charge in [0.2, 0.25) is 0 Å². The number of carbonyl (C=O) groups excluding carboxylic acids is 2. The summed E-state index contributed by atoms with van der Waals surface area (Å²) < 4.78 is 0. The summed E-state index contributed by atoms with van der Waals surface area (Å²) in [6, 6.07) is 19.9. The van der Waals surface area contributed by atoms with Gasteiger partial charge in [-0.2, -0.15) is 0 Å². The van der Waals surface area contributed by atoms with Gasteiger partial charge in [-0.25, -0.2) is 9.59 Å². The molecule has 33 heavy (non-hydrogen) atoms. The van der Waals surface area contributed by atoms with Gasteiger partial charge in [0.05, 0.1) is 0 Å². The number of rotatable bonds is 6. The van der Waals surface area contributed by atoms with E-state index in [1.165, 1.54) is 0 Å². The molecule has 0 radical (unpaired) electrons. The molecular weight excluding hydrogens is 418 g/mol. The van der Waals surface area contributed by atoms with Gasteiger partial charge in [-0.3, -0.25) is 4.79 Å². The van der Waals surface area contributed by atoms with E-state index in [0.29, 0.717) is 24.1 Å². The molecule has 4 rings (SSSR count). The number of carbonyl (C=O) groups is 3. The Bertz CT molecular complexity index is 1210. The maximum absolute atomic E-state index is 12.3. The molecule has 0 bridgehead atoms. The van der Waals surface area contributed by atoms with Crippen LogP contribution in [0.2, 0.25) is 0 Å². The van der Waals surface area contributed by atoms with Gasteiger partial charge in [-0.1, -0.05) is 42.0 Å². The average Bonchev–Trinajstić information content (AvgIpc) is 3.57. The maximum atomic E-state index is 12.3. The van der Waals surface area contributed by atoms with E-state index in [1.54, 1.807) is 24.3 Å². The number of urea groups is 1. The molecule has 0 atom stereocenters. The zero-order valence-electron chi connectivity index (χ0n) is 18.4. The smallest absolute Gasteiger partial charge is 0.329 e. The summed E-state index contributed by atoms with van der Waals surface area (Å²) in [5, 5.41) is 17.5. The van der Waals surface area contributed by atoms with E-state index in [2.05, 4.69) is 16.0 Å². The molecule has 1 aliphatic rings. The fourth-order valence-corrected chi connectivity index (χ4v) is 3.61. The number of benzene rings is 3. The number of aryl methyl sites for hydroxylation is 2. The van der Waals surface area contributed by atoms with Crippen LogP contribution in [0.5, 0.6) is 0 Å². The third-order valence-electron chi connectivity index (χ3n) is 5.77. The van der Waals surface area contributed by atoms with E-state index >= 15 is 0 Å². The predicted molar refractivity (Wildman–Crippen MR) is 128 cm³/mol. The van der Waals surface area contributed by atoms with Crippen molar-refractivity contribution in [3.63, 3.8) is 0 Å². The van der Waals surface area contributed by atoms with E-state index in [-0.39, 0.29) is 6.03 Å². The van der Waals surface area contributed by atoms with Crippen molar-refractivity contribution in [2.45, 2.75) is 32.2 Å². The number of nitrogens with one attached hydrogen (secondary N) is 3. The predicted octanol–water partition coefficient (Wildman–Crippen LogP) is 4.96. The standard InChI is InChI=1S/C26H25N3O4/c1-16-3-12-22(17(2)15-16)28-25(33)27-21-10-8-19(9-11-21)18-4-6-20(7-5-18)23(30)29-26(13-14-26)24(31)32/h3-12,15H,13-14H2,1-2H3,(H,29,30)(H,31,32)(H2,27,28,33). The second-order valence-corrected chi connectivity index (χ2v) is 8.39. The van der Waals surface area contributed by atoms with E-state index < -0.39 is 17.4 Å². The molecule has 0 spiro atoms. The van der Waals surface area contributed by atoms with E-state index in [4.69, 9.17) is 0 Å². The second kappa shape index (κ2) is 8.78. The zero-order chi connectivity index (χ0) is 23.6. The lowest BCUT2D eigenvalue weighted by Crippen LogP contribution is -2.43. The first kappa shape index (κ1) is 22.1. The summed E-state index contributed by atoms with van der Waals surface area (Å²) in [6.07, 6.45) is 0.907. The Morgan fingerprint density at radius 3 is 1.97 bits per heavy atom. The first-order chi connectivity index (χ1) is 15.8. The van der Waals surface area contributed by atoms with Crippen LogP contribution < -0.4 is 16.0 Å². The van der Waals surface area contributed by atoms with Gasteiger partial charge in [-0.15, -0.1) is 0 Å². The van der Waals surface area contributed by atoms with Gasteiger partial charge >= 0.3 is 12.0 Å². The van der Waals surface area contributed by atoms with E-state index in [1.807, 2.05) is 56.3 Å². The number of anilines is 2. The van der Waals surface area contributed by atoms with Crippen LogP contribution in [0.1, 0.15) is 34.3 Å². The van der Waals surface area contributed by atoms with Crippen molar-refractivity contribution in [1.29, 1.82) is 0 Å². The Balaban J connectivity index is 1.37. The molecule has 168 valence electrons. The fourth-order valence-electron chi connectivity index (χ4n) is 3.61. The quantitative estimate of drug-likeness (QED) is 0.432. The van der Waals surface area contributed by atoms with Gasteiger partial charge in [0.1, 0.15) is 5.54 Å². The second-order valence-electron chi connectivity index (χ2n) is 8.39. The highest BCUT2D eigenvalue weighted by molar-refractivity contribution is 6.00. The number of hydrogen-bond acceptors (Lipinski definition) is 3. The Morgan fingerprint density at radius 2 is 1.42 bits per heavy atom. The molecular formula is C26H25N3O4. The molecule has 0 aliphatic heterocycles. The first-order valence-electron chi connectivity index (χ1n) is 10.7. The SMILES string of the molecule is Cc1ccc(NC(=O)Nc2ccc(-c3ccc(C(=O)NC4(C(=O)O)CC4)cc3)cc2)c(C)c1. The Hall–Kier alpha value is -4.13. The van der Waals surface area contributed by atoms with Crippen molar-refractivity contribution in [2.24, 2.45) is 0 Å². The molecule has 3 aromatic carbocycles. The van der Waals surface area contributed by atoms with Crippen LogP contribution in [0.25, 0.3) is 11.1 Å². The number of amides is 3. The molecule has 0 heterocycles. The summed E-state index contributed by atoms with van der Waals surface area (Å²) in [4.78, 5) is 35.9. The Labute approximate surface area is 191 Å². The van der Waals surface area contributed by atoms with Crippen LogP contribution in [0.4, 0.5) is 16.2 Å². The Kier molecular flexibility index (Phi) is 5.87. The van der Waals surface area contributed by atoms with Crippen molar-refractivity contribution >= 4 is 29.3 Å². The minimum absolute atomic E-state index is 0.320. The molecule has 1 aliphatic carbocycles. The molecule has 1 saturated carbocycles. The topological polar surface area (TPSA) is 108 Å². The van der Waals surface area contributed by atoms with Crippen molar-refractivity contribution in [3.8, 4) is 11.1 Å². The van der Waals surface area contributed by atoms with Crippen molar-refractivity contribution < 1.29 is 19.5 Å². The van der Waals surface area contributed by atoms with Crippen LogP contribution >= 0.6 is 0 Å². The normalized spacial score (nSPS) is 13.6. The zero-order valence-corrected chi connectivity index (χ0v) is 18.4. The molecule has 7 nitrogen and oxygen atoms in total. The summed E-state index contributed by atoms with van der Waals surface area (Å²) >= 11 is 0. The minimum Gasteiger partial charge on any atom is -0.480 e. The molecule has 0 saturated heterocycles. The van der Waals surface area contributed by atoms with Gasteiger partial charge in [0, 0.05) is 16.9 Å². The van der Waals surface area contributed by atoms with Crippen molar-refractivity contribution in [2.75, 3.05) is 10.6 Å². The fraction of sp³-hybridized carbons (Fsp3) is 0.192. The molecule has 4 N–H and O–H groups in total. The third kappa shape index (κ3) is 5.03. The van der Waals surface area contributed by atoms with Crippen molar-refractivity contribution in [3.05, 3.63) is 83.4 Å². The first-order valence-corrected chi connectivity index (χ1v) is 10.7. The monoisotopic (exact) mass is 443 g/mol. The summed E-state index contributed by atoms with van der Waals surface area (Å²) in [6.45, 7) is 3.95. The maximum Gasteiger partial charge on any atom is 0.329 e. The molecule has 3 aromatic rings. The van der Waals surface area contributed by atoms with Crippen molar-refractivity contribution in [1.82, 2.24) is 5.32 Å². The van der Waals surface area contributed by atoms with E-state index in [0.717, 1.165) is 27.9 Å². The largest absolute Gasteiger partial charge is 0.480 e. The van der Waals surface area contributed by atoms with Crippen LogP contribution in [0.3, 0.4) is 0 Å². The highest BCUT2D eigenvalue weighted by Gasteiger charge is 2.51. The number of carboxylic acid groups (broad SMARTS) is 1. The molecule has 1 fully saturated rings. The van der Waals surface area contributed by atoms with Crippen LogP contribution in [-0.2, 0) is 4.79 Å². The van der Waals surface area contributed by atoms with Crippen LogP contribution in [0, 0.1) is 13.8 Å². The third-order valence-corrected chi connectivity index (χ3v) is 5.77. The van der Waals surface area contributed by atoms with Crippen LogP contribution in [-0.4, -0.2) is 28.6 Å². The highest BCUT2D eigenvalue weighted by Crippen LogP contribution is 2.35. The van der Waals surface area contributed by atoms with Gasteiger partial charge in [0.15, 0.2) is 0 Å². The average molecular weight is 444 g/mol. The van der Waals surface area contributed by atoms with Gasteiger partial charge in [0.25, 0.3) is 5.91 Å². The summed E-state index contributed by atoms with van der Waals surface area (Å²) in [5.41, 5.74) is 4.66. The molecule has 7 heteroatoms. The lowest BCUT2D eigenvalue weighted by Gasteiger charge is -2.13. The minimum atomic E-state index is -1.11. The molecule has 3 amide bonds. The van der Waals surface area contributed by atoms with Gasteiger partial charge < -0.3 is 21.1 Å². The number of carboxylic acids is 1. The van der Waals surface area contributed by atoms with E-state index in [9.17, 15) is 19.5 Å². The number of hydrogen-bond donors (Lipinski definition) is 4. The van der Waals surface area contributed by atoms with Gasteiger partial charge in [-0.05, 0) is 73.7 Å². The lowest BCUT2D eigenvalue weighted by atomic mass is 10.0. The molecule has 0 aromatic heterocycles. The number of aliphatic carboxylic acids is 1. The lowest BCUT2D eigenvalue weighted by molar-refractivity contribution is -0.140.